The molecule has 114 valence electrons. The molecule has 0 aromatic heterocycles. The van der Waals surface area contributed by atoms with E-state index in [1.54, 1.807) is 0 Å². The van der Waals surface area contributed by atoms with Crippen LogP contribution in [0.15, 0.2) is 35.3 Å². The minimum atomic E-state index is 0.310. The van der Waals surface area contributed by atoms with Crippen LogP contribution in [0, 0.1) is 5.92 Å². The average Bonchev–Trinajstić information content (AvgIpc) is 2.98. The Morgan fingerprint density at radius 2 is 2.10 bits per heavy atom. The van der Waals surface area contributed by atoms with E-state index in [4.69, 9.17) is 10.5 Å². The number of nitrogens with one attached hydrogen (secondary N) is 1. The van der Waals surface area contributed by atoms with Crippen molar-refractivity contribution in [3.05, 3.63) is 35.9 Å². The number of nitrogens with zero attached hydrogens (tertiary/aromatic N) is 1. The second kappa shape index (κ2) is 6.94. The molecule has 0 amide bonds. The van der Waals surface area contributed by atoms with Crippen LogP contribution in [0.3, 0.4) is 0 Å². The van der Waals surface area contributed by atoms with Crippen LogP contribution in [0.2, 0.25) is 0 Å². The molecule has 4 heteroatoms. The smallest absolute Gasteiger partial charge is 0.188 e. The molecule has 3 rings (SSSR count). The number of benzene rings is 1. The van der Waals surface area contributed by atoms with E-state index in [1.165, 1.54) is 18.4 Å². The first-order chi connectivity index (χ1) is 10.3. The van der Waals surface area contributed by atoms with E-state index in [0.29, 0.717) is 23.9 Å². The zero-order valence-corrected chi connectivity index (χ0v) is 12.5. The van der Waals surface area contributed by atoms with E-state index in [1.807, 2.05) is 0 Å². The highest BCUT2D eigenvalue weighted by molar-refractivity contribution is 5.77. The van der Waals surface area contributed by atoms with Crippen LogP contribution in [0.25, 0.3) is 0 Å². The summed E-state index contributed by atoms with van der Waals surface area (Å²) in [4.78, 5) is 4.46. The molecule has 1 aromatic carbocycles. The average molecular weight is 287 g/mol. The third-order valence-electron chi connectivity index (χ3n) is 4.56. The predicted molar refractivity (Wildman–Crippen MR) is 85.4 cm³/mol. The summed E-state index contributed by atoms with van der Waals surface area (Å²) in [6.45, 7) is 2.51. The molecule has 1 saturated carbocycles. The summed E-state index contributed by atoms with van der Waals surface area (Å²) in [7, 11) is 0. The van der Waals surface area contributed by atoms with E-state index < -0.39 is 0 Å². The first-order valence-corrected chi connectivity index (χ1v) is 8.01. The first-order valence-electron chi connectivity index (χ1n) is 8.01. The van der Waals surface area contributed by atoms with Gasteiger partial charge in [-0.2, -0.15) is 0 Å². The van der Waals surface area contributed by atoms with Crippen LogP contribution < -0.4 is 11.1 Å². The largest absolute Gasteiger partial charge is 0.376 e. The van der Waals surface area contributed by atoms with Crippen molar-refractivity contribution in [1.82, 2.24) is 5.32 Å². The fourth-order valence-electron chi connectivity index (χ4n) is 3.19. The molecule has 1 saturated heterocycles. The number of hydrogen-bond donors (Lipinski definition) is 2. The molecule has 1 heterocycles. The van der Waals surface area contributed by atoms with Crippen molar-refractivity contribution in [2.75, 3.05) is 19.7 Å². The molecule has 1 atom stereocenters. The zero-order chi connectivity index (χ0) is 14.5. The van der Waals surface area contributed by atoms with E-state index >= 15 is 0 Å². The molecule has 0 bridgehead atoms. The van der Waals surface area contributed by atoms with Crippen molar-refractivity contribution in [2.45, 2.75) is 37.7 Å². The summed E-state index contributed by atoms with van der Waals surface area (Å²) >= 11 is 0. The molecule has 1 aliphatic heterocycles. The van der Waals surface area contributed by atoms with Gasteiger partial charge >= 0.3 is 0 Å². The number of rotatable bonds is 5. The van der Waals surface area contributed by atoms with Gasteiger partial charge in [0, 0.05) is 19.7 Å². The lowest BCUT2D eigenvalue weighted by molar-refractivity contribution is 0.114. The van der Waals surface area contributed by atoms with Gasteiger partial charge in [-0.05, 0) is 43.1 Å². The van der Waals surface area contributed by atoms with E-state index in [9.17, 15) is 0 Å². The molecule has 1 unspecified atom stereocenters. The van der Waals surface area contributed by atoms with E-state index in [-0.39, 0.29) is 0 Å². The normalized spacial score (nSPS) is 29.1. The third kappa shape index (κ3) is 3.97. The summed E-state index contributed by atoms with van der Waals surface area (Å²) in [5.41, 5.74) is 7.37. The maximum absolute atomic E-state index is 5.91. The number of nitrogens with two attached hydrogens (primary N) is 1. The fourth-order valence-corrected chi connectivity index (χ4v) is 3.19. The van der Waals surface area contributed by atoms with Crippen LogP contribution in [0.1, 0.15) is 37.2 Å². The van der Waals surface area contributed by atoms with E-state index in [2.05, 4.69) is 40.6 Å². The van der Waals surface area contributed by atoms with Crippen molar-refractivity contribution in [2.24, 2.45) is 16.6 Å². The van der Waals surface area contributed by atoms with Gasteiger partial charge in [0.2, 0.25) is 0 Å². The number of ether oxygens (including phenoxy) is 1. The monoisotopic (exact) mass is 287 g/mol. The molecule has 4 nitrogen and oxygen atoms in total. The van der Waals surface area contributed by atoms with Crippen molar-refractivity contribution in [1.29, 1.82) is 0 Å². The Morgan fingerprint density at radius 3 is 2.81 bits per heavy atom. The maximum atomic E-state index is 5.91. The summed E-state index contributed by atoms with van der Waals surface area (Å²) in [6.07, 6.45) is 5.05. The van der Waals surface area contributed by atoms with Gasteiger partial charge < -0.3 is 15.8 Å². The Labute approximate surface area is 126 Å². The van der Waals surface area contributed by atoms with Crippen LogP contribution >= 0.6 is 0 Å². The first kappa shape index (κ1) is 14.4. The van der Waals surface area contributed by atoms with Gasteiger partial charge in [-0.1, -0.05) is 30.3 Å². The van der Waals surface area contributed by atoms with Gasteiger partial charge in [0.1, 0.15) is 0 Å². The van der Waals surface area contributed by atoms with Crippen LogP contribution in [0.4, 0.5) is 0 Å². The van der Waals surface area contributed by atoms with Gasteiger partial charge in [-0.15, -0.1) is 0 Å². The zero-order valence-electron chi connectivity index (χ0n) is 12.5. The molecule has 2 fully saturated rings. The third-order valence-corrected chi connectivity index (χ3v) is 4.56. The van der Waals surface area contributed by atoms with Crippen molar-refractivity contribution < 1.29 is 4.74 Å². The Balaban J connectivity index is 1.35. The Morgan fingerprint density at radius 1 is 1.29 bits per heavy atom. The quantitative estimate of drug-likeness (QED) is 0.645. The molecule has 1 aliphatic carbocycles. The number of aliphatic imine (C=N–C) groups is 1. The van der Waals surface area contributed by atoms with Gasteiger partial charge in [0.15, 0.2) is 5.96 Å². The topological polar surface area (TPSA) is 59.6 Å². The molecule has 1 aromatic rings. The van der Waals surface area contributed by atoms with Crippen LogP contribution in [-0.4, -0.2) is 31.8 Å². The molecule has 3 N–H and O–H groups in total. The minimum absolute atomic E-state index is 0.310. The van der Waals surface area contributed by atoms with Crippen molar-refractivity contribution >= 4 is 5.96 Å². The summed E-state index contributed by atoms with van der Waals surface area (Å²) in [5, 5.41) is 3.17. The highest BCUT2D eigenvalue weighted by Crippen LogP contribution is 2.41. The molecule has 2 aliphatic rings. The highest BCUT2D eigenvalue weighted by atomic mass is 16.5. The second-order valence-corrected chi connectivity index (χ2v) is 6.19. The fraction of sp³-hybridized carbons (Fsp3) is 0.588. The standard InChI is InChI=1S/C17H25N3O/c18-17(20-12-16-7-4-8-21-16)19-11-13-9-15(10-13)14-5-2-1-3-6-14/h1-3,5-6,13,15-16H,4,7-12H2,(H3,18,19,20). The number of guanidine groups is 1. The number of hydrogen-bond acceptors (Lipinski definition) is 2. The lowest BCUT2D eigenvalue weighted by Gasteiger charge is -2.34. The Kier molecular flexibility index (Phi) is 4.76. The maximum Gasteiger partial charge on any atom is 0.188 e. The lowest BCUT2D eigenvalue weighted by Crippen LogP contribution is -2.38. The van der Waals surface area contributed by atoms with E-state index in [0.717, 1.165) is 32.5 Å². The molecule has 21 heavy (non-hydrogen) atoms. The van der Waals surface area contributed by atoms with Crippen LogP contribution in [-0.2, 0) is 4.74 Å². The van der Waals surface area contributed by atoms with Gasteiger partial charge in [-0.25, -0.2) is 0 Å². The lowest BCUT2D eigenvalue weighted by atomic mass is 9.71. The molecule has 0 radical (unpaired) electrons. The highest BCUT2D eigenvalue weighted by Gasteiger charge is 2.29. The van der Waals surface area contributed by atoms with Crippen molar-refractivity contribution in [3.63, 3.8) is 0 Å². The SMILES string of the molecule is NC(=NCC1CC(c2ccccc2)C1)NCC1CCCO1. The summed E-state index contributed by atoms with van der Waals surface area (Å²) in [5.74, 6) is 1.96. The Hall–Kier alpha value is -1.55. The van der Waals surface area contributed by atoms with Crippen molar-refractivity contribution in [3.8, 4) is 0 Å². The molecular formula is C17H25N3O. The summed E-state index contributed by atoms with van der Waals surface area (Å²) < 4.78 is 5.55. The van der Waals surface area contributed by atoms with Crippen LogP contribution in [0.5, 0.6) is 0 Å². The molecular weight excluding hydrogens is 262 g/mol. The van der Waals surface area contributed by atoms with Gasteiger partial charge in [-0.3, -0.25) is 4.99 Å². The van der Waals surface area contributed by atoms with Gasteiger partial charge in [0.05, 0.1) is 6.10 Å². The summed E-state index contributed by atoms with van der Waals surface area (Å²) in [6, 6.07) is 10.8. The second-order valence-electron chi connectivity index (χ2n) is 6.19. The minimum Gasteiger partial charge on any atom is -0.376 e. The Bertz CT molecular complexity index is 462. The van der Waals surface area contributed by atoms with Gasteiger partial charge in [0.25, 0.3) is 0 Å². The predicted octanol–water partition coefficient (Wildman–Crippen LogP) is 2.26. The molecule has 0 spiro atoms.